The molecule has 0 heterocycles. The van der Waals surface area contributed by atoms with Gasteiger partial charge in [-0.1, -0.05) is 142 Å². The highest BCUT2D eigenvalue weighted by Crippen LogP contribution is 2.27. The van der Waals surface area contributed by atoms with Crippen molar-refractivity contribution in [2.24, 2.45) is 0 Å². The summed E-state index contributed by atoms with van der Waals surface area (Å²) >= 11 is 0. The average molecular weight is 415 g/mol. The van der Waals surface area contributed by atoms with Crippen molar-refractivity contribution < 1.29 is 0 Å². The summed E-state index contributed by atoms with van der Waals surface area (Å²) in [4.78, 5) is 0. The maximum atomic E-state index is 4.21. The molecule has 0 aliphatic rings. The van der Waals surface area contributed by atoms with E-state index in [1.165, 1.54) is 22.3 Å². The third-order valence-corrected chi connectivity index (χ3v) is 5.24. The van der Waals surface area contributed by atoms with Crippen LogP contribution in [0.4, 0.5) is 0 Å². The number of hydrogen-bond donors (Lipinski definition) is 0. The SMILES string of the molecule is C=C/C(=C\C(=C)c1ccccc1)c1ccc(-c2ccc(-c3ccccc3)cc2)cc1.CC. The van der Waals surface area contributed by atoms with Crippen LogP contribution in [0.15, 0.2) is 135 Å². The number of allylic oxidation sites excluding steroid dienone is 4. The highest BCUT2D eigenvalue weighted by Gasteiger charge is 2.04. The zero-order valence-corrected chi connectivity index (χ0v) is 19.0. The zero-order chi connectivity index (χ0) is 22.8. The molecule has 4 aromatic rings. The van der Waals surface area contributed by atoms with Gasteiger partial charge in [0, 0.05) is 0 Å². The lowest BCUT2D eigenvalue weighted by molar-refractivity contribution is 1.50. The minimum absolute atomic E-state index is 0.978. The van der Waals surface area contributed by atoms with Gasteiger partial charge in [0.05, 0.1) is 0 Å². The van der Waals surface area contributed by atoms with Crippen molar-refractivity contribution in [1.29, 1.82) is 0 Å². The van der Waals surface area contributed by atoms with E-state index >= 15 is 0 Å². The fourth-order valence-electron chi connectivity index (χ4n) is 3.52. The first-order chi connectivity index (χ1) is 15.7. The molecule has 0 bridgehead atoms. The summed E-state index contributed by atoms with van der Waals surface area (Å²) in [6.07, 6.45) is 3.98. The highest BCUT2D eigenvalue weighted by molar-refractivity contribution is 5.87. The lowest BCUT2D eigenvalue weighted by atomic mass is 9.96. The molecule has 0 aromatic heterocycles. The molecule has 0 radical (unpaired) electrons. The summed E-state index contributed by atoms with van der Waals surface area (Å²) in [6.45, 7) is 12.2. The standard InChI is InChI=1S/C30H24.C2H6/c1-3-24(22-23(2)25-10-6-4-7-11-25)27-14-16-29(17-15-27)30-20-18-28(19-21-30)26-12-8-5-9-13-26;1-2/h3-22H,1-2H2;1-2H3/b24-22+;. The summed E-state index contributed by atoms with van der Waals surface area (Å²) in [7, 11) is 0. The number of benzene rings is 4. The Balaban J connectivity index is 0.00000141. The molecule has 0 unspecified atom stereocenters. The van der Waals surface area contributed by atoms with E-state index in [2.05, 4.69) is 104 Å². The van der Waals surface area contributed by atoms with Crippen molar-refractivity contribution in [1.82, 2.24) is 0 Å². The molecule has 0 nitrogen and oxygen atoms in total. The largest absolute Gasteiger partial charge is 0.0984 e. The molecule has 0 amide bonds. The molecule has 158 valence electrons. The Kier molecular flexibility index (Phi) is 8.17. The van der Waals surface area contributed by atoms with Crippen LogP contribution in [0.2, 0.25) is 0 Å². The van der Waals surface area contributed by atoms with Gasteiger partial charge in [0.2, 0.25) is 0 Å². The maximum Gasteiger partial charge on any atom is -0.0184 e. The van der Waals surface area contributed by atoms with Crippen molar-refractivity contribution in [2.45, 2.75) is 13.8 Å². The fraction of sp³-hybridized carbons (Fsp3) is 0.0625. The third-order valence-electron chi connectivity index (χ3n) is 5.24. The molecule has 0 aliphatic heterocycles. The minimum Gasteiger partial charge on any atom is -0.0984 e. The van der Waals surface area contributed by atoms with Crippen molar-refractivity contribution in [3.05, 3.63) is 146 Å². The fourth-order valence-corrected chi connectivity index (χ4v) is 3.52. The molecule has 0 saturated heterocycles. The van der Waals surface area contributed by atoms with Gasteiger partial charge in [-0.3, -0.25) is 0 Å². The van der Waals surface area contributed by atoms with Gasteiger partial charge in [-0.05, 0) is 50.6 Å². The van der Waals surface area contributed by atoms with Crippen LogP contribution in [0, 0.1) is 0 Å². The molecule has 0 saturated carbocycles. The van der Waals surface area contributed by atoms with Gasteiger partial charge >= 0.3 is 0 Å². The molecule has 0 heteroatoms. The monoisotopic (exact) mass is 414 g/mol. The summed E-state index contributed by atoms with van der Waals surface area (Å²) in [5.41, 5.74) is 9.16. The van der Waals surface area contributed by atoms with Gasteiger partial charge in [0.25, 0.3) is 0 Å². The number of hydrogen-bond acceptors (Lipinski definition) is 0. The maximum absolute atomic E-state index is 4.21. The van der Waals surface area contributed by atoms with Crippen LogP contribution in [-0.2, 0) is 0 Å². The van der Waals surface area contributed by atoms with E-state index in [9.17, 15) is 0 Å². The van der Waals surface area contributed by atoms with Gasteiger partial charge < -0.3 is 0 Å². The molecule has 0 spiro atoms. The van der Waals surface area contributed by atoms with Gasteiger partial charge in [0.1, 0.15) is 0 Å². The lowest BCUT2D eigenvalue weighted by Crippen LogP contribution is -1.85. The first kappa shape index (κ1) is 22.8. The third kappa shape index (κ3) is 5.62. The molecule has 4 aromatic carbocycles. The van der Waals surface area contributed by atoms with Crippen LogP contribution in [0.5, 0.6) is 0 Å². The topological polar surface area (TPSA) is 0 Å². The van der Waals surface area contributed by atoms with Gasteiger partial charge in [-0.25, -0.2) is 0 Å². The molecule has 0 aliphatic carbocycles. The van der Waals surface area contributed by atoms with Crippen LogP contribution >= 0.6 is 0 Å². The quantitative estimate of drug-likeness (QED) is 0.276. The van der Waals surface area contributed by atoms with E-state index in [-0.39, 0.29) is 0 Å². The van der Waals surface area contributed by atoms with E-state index in [1.807, 2.05) is 44.2 Å². The van der Waals surface area contributed by atoms with E-state index in [0.717, 1.165) is 22.3 Å². The predicted octanol–water partition coefficient (Wildman–Crippen LogP) is 9.33. The van der Waals surface area contributed by atoms with E-state index in [4.69, 9.17) is 0 Å². The Bertz CT molecular complexity index is 1160. The van der Waals surface area contributed by atoms with E-state index in [0.29, 0.717) is 0 Å². The summed E-state index contributed by atoms with van der Waals surface area (Å²) < 4.78 is 0. The Morgan fingerprint density at radius 3 is 1.41 bits per heavy atom. The molecule has 32 heavy (non-hydrogen) atoms. The Hall–Kier alpha value is -3.90. The summed E-state index contributed by atoms with van der Waals surface area (Å²) in [5.74, 6) is 0. The van der Waals surface area contributed by atoms with Crippen molar-refractivity contribution >= 4 is 11.1 Å². The average Bonchev–Trinajstić information content (AvgIpc) is 2.89. The Labute approximate surface area is 192 Å². The van der Waals surface area contributed by atoms with Crippen LogP contribution in [0.25, 0.3) is 33.4 Å². The predicted molar refractivity (Wildman–Crippen MR) is 142 cm³/mol. The summed E-state index contributed by atoms with van der Waals surface area (Å²) in [5, 5.41) is 0. The van der Waals surface area contributed by atoms with E-state index in [1.54, 1.807) is 0 Å². The van der Waals surface area contributed by atoms with Gasteiger partial charge in [0.15, 0.2) is 0 Å². The summed E-state index contributed by atoms with van der Waals surface area (Å²) in [6, 6.07) is 38.0. The first-order valence-electron chi connectivity index (χ1n) is 11.1. The van der Waals surface area contributed by atoms with Crippen LogP contribution < -0.4 is 0 Å². The van der Waals surface area contributed by atoms with Gasteiger partial charge in [-0.15, -0.1) is 0 Å². The minimum atomic E-state index is 0.978. The van der Waals surface area contributed by atoms with Crippen LogP contribution in [-0.4, -0.2) is 0 Å². The smallest absolute Gasteiger partial charge is 0.0184 e. The van der Waals surface area contributed by atoms with Crippen molar-refractivity contribution in [3.8, 4) is 22.3 Å². The second-order valence-electron chi connectivity index (χ2n) is 7.22. The van der Waals surface area contributed by atoms with Crippen LogP contribution in [0.3, 0.4) is 0 Å². The Morgan fingerprint density at radius 1 is 0.531 bits per heavy atom. The molecular weight excluding hydrogens is 384 g/mol. The van der Waals surface area contributed by atoms with E-state index < -0.39 is 0 Å². The molecule has 4 rings (SSSR count). The molecule has 0 fully saturated rings. The normalized spacial score (nSPS) is 10.6. The zero-order valence-electron chi connectivity index (χ0n) is 19.0. The molecular formula is C32H30. The van der Waals surface area contributed by atoms with Crippen LogP contribution in [0.1, 0.15) is 25.0 Å². The van der Waals surface area contributed by atoms with Gasteiger partial charge in [-0.2, -0.15) is 0 Å². The Morgan fingerprint density at radius 2 is 0.938 bits per heavy atom. The molecule has 0 N–H and O–H groups in total. The number of rotatable bonds is 6. The second kappa shape index (κ2) is 11.5. The highest BCUT2D eigenvalue weighted by atomic mass is 14.1. The second-order valence-corrected chi connectivity index (χ2v) is 7.22. The molecule has 0 atom stereocenters. The van der Waals surface area contributed by atoms with Crippen molar-refractivity contribution in [3.63, 3.8) is 0 Å². The van der Waals surface area contributed by atoms with Crippen molar-refractivity contribution in [2.75, 3.05) is 0 Å². The first-order valence-corrected chi connectivity index (χ1v) is 11.1. The lowest BCUT2D eigenvalue weighted by Gasteiger charge is -2.08.